The van der Waals surface area contributed by atoms with Gasteiger partial charge in [-0.1, -0.05) is 18.2 Å². The van der Waals surface area contributed by atoms with E-state index in [9.17, 15) is 14.4 Å². The average Bonchev–Trinajstić information content (AvgIpc) is 2.92. The Bertz CT molecular complexity index is 798. The van der Waals surface area contributed by atoms with Crippen molar-refractivity contribution in [2.24, 2.45) is 0 Å². The van der Waals surface area contributed by atoms with Gasteiger partial charge in [-0.15, -0.1) is 0 Å². The first-order chi connectivity index (χ1) is 15.0. The Morgan fingerprint density at radius 2 is 1.66 bits per heavy atom. The lowest BCUT2D eigenvalue weighted by molar-refractivity contribution is -0.128. The van der Waals surface area contributed by atoms with Gasteiger partial charge in [-0.25, -0.2) is 0 Å². The number of hydrogen-bond donors (Lipinski definition) is 3. The van der Waals surface area contributed by atoms with E-state index in [0.717, 1.165) is 42.9 Å². The highest BCUT2D eigenvalue weighted by molar-refractivity contribution is 5.96. The summed E-state index contributed by atoms with van der Waals surface area (Å²) in [6.45, 7) is 15.0. The molecule has 0 radical (unpaired) electrons. The van der Waals surface area contributed by atoms with Gasteiger partial charge in [0.15, 0.2) is 0 Å². The summed E-state index contributed by atoms with van der Waals surface area (Å²) in [5, 5.41) is 8.64. The summed E-state index contributed by atoms with van der Waals surface area (Å²) >= 11 is 0. The number of nitrogens with one attached hydrogen (secondary N) is 3. The predicted octanol–water partition coefficient (Wildman–Crippen LogP) is 1.67. The average molecular weight is 446 g/mol. The molecule has 32 heavy (non-hydrogen) atoms. The van der Waals surface area contributed by atoms with Crippen LogP contribution in [0.2, 0.25) is 0 Å². The van der Waals surface area contributed by atoms with Gasteiger partial charge in [-0.2, -0.15) is 0 Å². The molecule has 0 bridgehead atoms. The van der Waals surface area contributed by atoms with E-state index in [0.29, 0.717) is 13.1 Å². The van der Waals surface area contributed by atoms with Crippen LogP contribution in [-0.4, -0.2) is 78.4 Å². The van der Waals surface area contributed by atoms with E-state index >= 15 is 0 Å². The second-order valence-electron chi connectivity index (χ2n) is 9.67. The predicted molar refractivity (Wildman–Crippen MR) is 128 cm³/mol. The normalized spacial score (nSPS) is 16.7. The molecular weight excluding hydrogens is 406 g/mol. The lowest BCUT2D eigenvalue weighted by atomic mass is 10.1. The minimum atomic E-state index is -0.341. The fourth-order valence-corrected chi connectivity index (χ4v) is 3.87. The van der Waals surface area contributed by atoms with Crippen molar-refractivity contribution < 1.29 is 14.4 Å². The molecule has 3 N–H and O–H groups in total. The third-order valence-corrected chi connectivity index (χ3v) is 5.60. The van der Waals surface area contributed by atoms with Gasteiger partial charge in [0.25, 0.3) is 0 Å². The van der Waals surface area contributed by atoms with Gasteiger partial charge in [0, 0.05) is 30.9 Å². The van der Waals surface area contributed by atoms with Crippen molar-refractivity contribution in [2.75, 3.05) is 44.6 Å². The quantitative estimate of drug-likeness (QED) is 0.594. The van der Waals surface area contributed by atoms with Gasteiger partial charge in [0.05, 0.1) is 19.1 Å². The molecule has 0 aliphatic carbocycles. The van der Waals surface area contributed by atoms with Crippen molar-refractivity contribution in [2.45, 2.75) is 59.5 Å². The molecule has 8 nitrogen and oxygen atoms in total. The van der Waals surface area contributed by atoms with Crippen molar-refractivity contribution in [3.05, 3.63) is 29.3 Å². The number of anilines is 1. The molecule has 0 unspecified atom stereocenters. The maximum absolute atomic E-state index is 12.7. The van der Waals surface area contributed by atoms with Crippen molar-refractivity contribution in [1.82, 2.24) is 20.4 Å². The number of amides is 3. The van der Waals surface area contributed by atoms with E-state index in [1.807, 2.05) is 59.7 Å². The first-order valence-electron chi connectivity index (χ1n) is 11.4. The molecule has 0 spiro atoms. The third-order valence-electron chi connectivity index (χ3n) is 5.60. The van der Waals surface area contributed by atoms with E-state index < -0.39 is 0 Å². The number of benzene rings is 1. The van der Waals surface area contributed by atoms with Crippen LogP contribution in [0.25, 0.3) is 0 Å². The van der Waals surface area contributed by atoms with E-state index in [4.69, 9.17) is 0 Å². The van der Waals surface area contributed by atoms with E-state index in [2.05, 4.69) is 25.8 Å². The molecule has 2 rings (SSSR count). The fraction of sp³-hybridized carbons (Fsp3) is 0.625. The molecule has 1 fully saturated rings. The van der Waals surface area contributed by atoms with Crippen molar-refractivity contribution >= 4 is 23.4 Å². The summed E-state index contributed by atoms with van der Waals surface area (Å²) in [6.07, 6.45) is 0.882. The molecule has 0 saturated carbocycles. The highest BCUT2D eigenvalue weighted by Crippen LogP contribution is 2.19. The Morgan fingerprint density at radius 3 is 2.28 bits per heavy atom. The number of carbonyl (C=O) groups is 3. The Balaban J connectivity index is 1.80. The summed E-state index contributed by atoms with van der Waals surface area (Å²) < 4.78 is 0. The van der Waals surface area contributed by atoms with Crippen molar-refractivity contribution in [3.8, 4) is 0 Å². The number of carbonyl (C=O) groups excluding carboxylic acids is 3. The third kappa shape index (κ3) is 8.24. The second kappa shape index (κ2) is 11.4. The van der Waals surface area contributed by atoms with Crippen LogP contribution < -0.4 is 16.0 Å². The van der Waals surface area contributed by atoms with E-state index in [1.54, 1.807) is 0 Å². The minimum Gasteiger partial charge on any atom is -0.350 e. The SMILES string of the molecule is Cc1cccc(C)c1NC(=O)CNC(=O)[C@@H](C)N1CCCN(CC(=O)NC(C)(C)C)CC1. The van der Waals surface area contributed by atoms with E-state index in [-0.39, 0.29) is 35.8 Å². The molecular formula is C24H39N5O3. The summed E-state index contributed by atoms with van der Waals surface area (Å²) in [7, 11) is 0. The summed E-state index contributed by atoms with van der Waals surface area (Å²) in [6, 6.07) is 5.49. The highest BCUT2D eigenvalue weighted by Gasteiger charge is 2.25. The molecule has 1 saturated heterocycles. The Labute approximate surface area is 192 Å². The topological polar surface area (TPSA) is 93.8 Å². The zero-order valence-electron chi connectivity index (χ0n) is 20.4. The van der Waals surface area contributed by atoms with Gasteiger partial charge in [0.2, 0.25) is 17.7 Å². The van der Waals surface area contributed by atoms with Crippen LogP contribution in [0.4, 0.5) is 5.69 Å². The van der Waals surface area contributed by atoms with Gasteiger partial charge in [-0.05, 0) is 65.6 Å². The van der Waals surface area contributed by atoms with Crippen LogP contribution in [-0.2, 0) is 14.4 Å². The smallest absolute Gasteiger partial charge is 0.243 e. The summed E-state index contributed by atoms with van der Waals surface area (Å²) in [5.74, 6) is -0.387. The first kappa shape index (κ1) is 25.8. The van der Waals surface area contributed by atoms with Gasteiger partial charge in [0.1, 0.15) is 0 Å². The van der Waals surface area contributed by atoms with Crippen LogP contribution in [0.15, 0.2) is 18.2 Å². The second-order valence-corrected chi connectivity index (χ2v) is 9.67. The molecule has 178 valence electrons. The zero-order valence-corrected chi connectivity index (χ0v) is 20.4. The Morgan fingerprint density at radius 1 is 1.00 bits per heavy atom. The van der Waals surface area contributed by atoms with Crippen LogP contribution in [0.1, 0.15) is 45.2 Å². The molecule has 1 aromatic carbocycles. The van der Waals surface area contributed by atoms with Crippen LogP contribution in [0.5, 0.6) is 0 Å². The molecule has 8 heteroatoms. The Hall–Kier alpha value is -2.45. The monoisotopic (exact) mass is 445 g/mol. The Kier molecular flexibility index (Phi) is 9.21. The maximum Gasteiger partial charge on any atom is 0.243 e. The standard InChI is InChI=1S/C24H39N5O3/c1-17-9-7-10-18(2)22(17)26-20(30)15-25-23(32)19(3)29-12-8-11-28(13-14-29)16-21(31)27-24(4,5)6/h7,9-10,19H,8,11-16H2,1-6H3,(H,25,32)(H,26,30)(H,27,31)/t19-/m1/s1. The van der Waals surface area contributed by atoms with Crippen molar-refractivity contribution in [1.29, 1.82) is 0 Å². The van der Waals surface area contributed by atoms with Crippen LogP contribution in [0, 0.1) is 13.8 Å². The maximum atomic E-state index is 12.7. The first-order valence-corrected chi connectivity index (χ1v) is 11.4. The van der Waals surface area contributed by atoms with Crippen LogP contribution in [0.3, 0.4) is 0 Å². The lowest BCUT2D eigenvalue weighted by Crippen LogP contribution is -2.49. The van der Waals surface area contributed by atoms with Gasteiger partial charge < -0.3 is 16.0 Å². The zero-order chi connectivity index (χ0) is 23.9. The van der Waals surface area contributed by atoms with Gasteiger partial charge >= 0.3 is 0 Å². The highest BCUT2D eigenvalue weighted by atomic mass is 16.2. The lowest BCUT2D eigenvalue weighted by Gasteiger charge is -2.27. The molecule has 1 aliphatic heterocycles. The van der Waals surface area contributed by atoms with Crippen molar-refractivity contribution in [3.63, 3.8) is 0 Å². The number of para-hydroxylation sites is 1. The largest absolute Gasteiger partial charge is 0.350 e. The summed E-state index contributed by atoms with van der Waals surface area (Å²) in [4.78, 5) is 41.4. The molecule has 1 aliphatic rings. The number of aryl methyl sites for hydroxylation is 2. The van der Waals surface area contributed by atoms with Gasteiger partial charge in [-0.3, -0.25) is 24.2 Å². The summed E-state index contributed by atoms with van der Waals surface area (Å²) in [5.41, 5.74) is 2.53. The molecule has 1 atom stereocenters. The number of nitrogens with zero attached hydrogens (tertiary/aromatic N) is 2. The molecule has 1 heterocycles. The van der Waals surface area contributed by atoms with E-state index in [1.165, 1.54) is 0 Å². The molecule has 1 aromatic rings. The fourth-order valence-electron chi connectivity index (χ4n) is 3.87. The van der Waals surface area contributed by atoms with Crippen LogP contribution >= 0.6 is 0 Å². The minimum absolute atomic E-state index is 0.0200. The number of hydrogen-bond acceptors (Lipinski definition) is 5. The molecule has 0 aromatic heterocycles. The molecule has 3 amide bonds. The number of rotatable bonds is 7.